The predicted octanol–water partition coefficient (Wildman–Crippen LogP) is 3.65. The number of ether oxygens (including phenoxy) is 1. The van der Waals surface area contributed by atoms with Crippen LogP contribution < -0.4 is 4.90 Å². The molecule has 0 spiro atoms. The van der Waals surface area contributed by atoms with Gasteiger partial charge in [0.1, 0.15) is 0 Å². The van der Waals surface area contributed by atoms with Gasteiger partial charge in [-0.2, -0.15) is 0 Å². The molecule has 0 N–H and O–H groups in total. The Morgan fingerprint density at radius 2 is 1.86 bits per heavy atom. The molecule has 156 valence electrons. The van der Waals surface area contributed by atoms with E-state index in [1.54, 1.807) is 0 Å². The minimum absolute atomic E-state index is 0.519. The largest absolute Gasteiger partial charge is 0.378 e. The van der Waals surface area contributed by atoms with E-state index >= 15 is 0 Å². The highest BCUT2D eigenvalue weighted by atomic mass is 32.1. The van der Waals surface area contributed by atoms with Crippen molar-refractivity contribution in [1.29, 1.82) is 0 Å². The molecule has 3 heterocycles. The van der Waals surface area contributed by atoms with Crippen molar-refractivity contribution in [1.82, 2.24) is 19.2 Å². The standard InChI is InChI=1S/C22H31N5OS/c1-18(2)16-26-21(25-12-14-28-15-13-25)23-27(22(26)29)17-24-10-8-20(9-11-24)19-6-4-3-5-7-19/h3-8,18H,9-17H2,1-2H3. The lowest BCUT2D eigenvalue weighted by Crippen LogP contribution is -2.38. The Balaban J connectivity index is 1.51. The summed E-state index contributed by atoms with van der Waals surface area (Å²) in [4.78, 5) is 4.72. The molecule has 7 heteroatoms. The van der Waals surface area contributed by atoms with Crippen LogP contribution >= 0.6 is 12.2 Å². The van der Waals surface area contributed by atoms with Crippen molar-refractivity contribution in [3.8, 4) is 0 Å². The zero-order chi connectivity index (χ0) is 20.2. The lowest BCUT2D eigenvalue weighted by molar-refractivity contribution is 0.121. The summed E-state index contributed by atoms with van der Waals surface area (Å²) in [5.74, 6) is 1.51. The van der Waals surface area contributed by atoms with Crippen molar-refractivity contribution in [3.05, 3.63) is 46.7 Å². The fourth-order valence-corrected chi connectivity index (χ4v) is 4.24. The van der Waals surface area contributed by atoms with Gasteiger partial charge in [-0.3, -0.25) is 9.47 Å². The summed E-state index contributed by atoms with van der Waals surface area (Å²) in [6, 6.07) is 10.7. The van der Waals surface area contributed by atoms with Crippen molar-refractivity contribution in [2.75, 3.05) is 44.3 Å². The van der Waals surface area contributed by atoms with E-state index in [1.165, 1.54) is 11.1 Å². The van der Waals surface area contributed by atoms with E-state index in [2.05, 4.69) is 64.6 Å². The molecule has 6 nitrogen and oxygen atoms in total. The molecule has 0 bridgehead atoms. The van der Waals surface area contributed by atoms with Gasteiger partial charge in [-0.15, -0.1) is 5.10 Å². The van der Waals surface area contributed by atoms with Crippen LogP contribution in [0, 0.1) is 10.7 Å². The fourth-order valence-electron chi connectivity index (χ4n) is 3.99. The van der Waals surface area contributed by atoms with Crippen LogP contribution in [0.5, 0.6) is 0 Å². The van der Waals surface area contributed by atoms with Gasteiger partial charge in [0.2, 0.25) is 10.7 Å². The van der Waals surface area contributed by atoms with Crippen LogP contribution in [-0.4, -0.2) is 58.6 Å². The van der Waals surface area contributed by atoms with Gasteiger partial charge in [0, 0.05) is 32.7 Å². The van der Waals surface area contributed by atoms with E-state index in [1.807, 2.05) is 4.68 Å². The molecular formula is C22H31N5OS. The minimum atomic E-state index is 0.519. The van der Waals surface area contributed by atoms with Crippen molar-refractivity contribution in [2.45, 2.75) is 33.5 Å². The molecule has 29 heavy (non-hydrogen) atoms. The summed E-state index contributed by atoms with van der Waals surface area (Å²) >= 11 is 5.83. The first-order valence-corrected chi connectivity index (χ1v) is 11.0. The summed E-state index contributed by atoms with van der Waals surface area (Å²) in [5, 5.41) is 4.94. The molecule has 1 aromatic carbocycles. The molecule has 2 aromatic rings. The number of benzene rings is 1. The molecule has 2 aliphatic heterocycles. The Morgan fingerprint density at radius 3 is 2.52 bits per heavy atom. The third-order valence-electron chi connectivity index (χ3n) is 5.52. The number of hydrogen-bond donors (Lipinski definition) is 0. The molecule has 0 radical (unpaired) electrons. The monoisotopic (exact) mass is 413 g/mol. The summed E-state index contributed by atoms with van der Waals surface area (Å²) < 4.78 is 10.6. The minimum Gasteiger partial charge on any atom is -0.378 e. The number of aromatic nitrogens is 3. The Labute approximate surface area is 178 Å². The quantitative estimate of drug-likeness (QED) is 0.676. The molecule has 0 atom stereocenters. The molecular weight excluding hydrogens is 382 g/mol. The Morgan fingerprint density at radius 1 is 1.10 bits per heavy atom. The number of nitrogens with zero attached hydrogens (tertiary/aromatic N) is 5. The predicted molar refractivity (Wildman–Crippen MR) is 120 cm³/mol. The van der Waals surface area contributed by atoms with E-state index in [-0.39, 0.29) is 0 Å². The van der Waals surface area contributed by atoms with Crippen molar-refractivity contribution in [2.24, 2.45) is 5.92 Å². The van der Waals surface area contributed by atoms with Crippen LogP contribution in [0.4, 0.5) is 5.95 Å². The molecule has 1 fully saturated rings. The highest BCUT2D eigenvalue weighted by molar-refractivity contribution is 7.71. The normalized spacial score (nSPS) is 18.3. The van der Waals surface area contributed by atoms with Gasteiger partial charge in [-0.25, -0.2) is 4.68 Å². The first-order valence-electron chi connectivity index (χ1n) is 10.6. The Kier molecular flexibility index (Phi) is 6.47. The third-order valence-corrected chi connectivity index (χ3v) is 5.95. The topological polar surface area (TPSA) is 38.5 Å². The van der Waals surface area contributed by atoms with E-state index in [9.17, 15) is 0 Å². The maximum absolute atomic E-state index is 5.83. The van der Waals surface area contributed by atoms with Gasteiger partial charge < -0.3 is 9.64 Å². The second-order valence-electron chi connectivity index (χ2n) is 8.25. The molecule has 0 unspecified atom stereocenters. The van der Waals surface area contributed by atoms with Crippen LogP contribution in [0.2, 0.25) is 0 Å². The lowest BCUT2D eigenvalue weighted by Gasteiger charge is -2.28. The maximum atomic E-state index is 5.83. The highest BCUT2D eigenvalue weighted by Gasteiger charge is 2.22. The zero-order valence-corrected chi connectivity index (χ0v) is 18.3. The van der Waals surface area contributed by atoms with Gasteiger partial charge >= 0.3 is 0 Å². The number of morpholine rings is 1. The molecule has 0 aliphatic carbocycles. The SMILES string of the molecule is CC(C)Cn1c(N2CCOCC2)nn(CN2CC=C(c3ccccc3)CC2)c1=S. The summed E-state index contributed by atoms with van der Waals surface area (Å²) in [5.41, 5.74) is 2.77. The summed E-state index contributed by atoms with van der Waals surface area (Å²) in [7, 11) is 0. The van der Waals surface area contributed by atoms with Crippen LogP contribution in [-0.2, 0) is 18.0 Å². The Hall–Kier alpha value is -1.96. The first-order chi connectivity index (χ1) is 14.1. The van der Waals surface area contributed by atoms with E-state index in [0.29, 0.717) is 5.92 Å². The van der Waals surface area contributed by atoms with E-state index in [0.717, 1.165) is 69.7 Å². The molecule has 1 saturated heterocycles. The Bertz CT molecular complexity index is 896. The van der Waals surface area contributed by atoms with Gasteiger partial charge in [0.05, 0.1) is 19.9 Å². The van der Waals surface area contributed by atoms with Crippen LogP contribution in [0.1, 0.15) is 25.8 Å². The first kappa shape index (κ1) is 20.3. The molecule has 2 aliphatic rings. The second kappa shape index (κ2) is 9.24. The van der Waals surface area contributed by atoms with Gasteiger partial charge in [0.15, 0.2) is 0 Å². The molecule has 1 aromatic heterocycles. The van der Waals surface area contributed by atoms with Crippen LogP contribution in [0.25, 0.3) is 5.57 Å². The fraction of sp³-hybridized carbons (Fsp3) is 0.545. The molecule has 4 rings (SSSR count). The van der Waals surface area contributed by atoms with Crippen molar-refractivity contribution < 1.29 is 4.74 Å². The molecule has 0 amide bonds. The van der Waals surface area contributed by atoms with E-state index in [4.69, 9.17) is 22.1 Å². The van der Waals surface area contributed by atoms with Crippen molar-refractivity contribution in [3.63, 3.8) is 0 Å². The van der Waals surface area contributed by atoms with Gasteiger partial charge in [-0.05, 0) is 35.7 Å². The van der Waals surface area contributed by atoms with Gasteiger partial charge in [-0.1, -0.05) is 50.3 Å². The van der Waals surface area contributed by atoms with Crippen LogP contribution in [0.15, 0.2) is 36.4 Å². The van der Waals surface area contributed by atoms with Crippen molar-refractivity contribution >= 4 is 23.7 Å². The highest BCUT2D eigenvalue weighted by Crippen LogP contribution is 2.23. The average Bonchev–Trinajstić information content (AvgIpc) is 3.05. The molecule has 0 saturated carbocycles. The average molecular weight is 414 g/mol. The number of hydrogen-bond acceptors (Lipinski definition) is 5. The van der Waals surface area contributed by atoms with Gasteiger partial charge in [0.25, 0.3) is 0 Å². The summed E-state index contributed by atoms with van der Waals surface area (Å²) in [6.07, 6.45) is 3.40. The lowest BCUT2D eigenvalue weighted by atomic mass is 10.00. The van der Waals surface area contributed by atoms with E-state index < -0.39 is 0 Å². The van der Waals surface area contributed by atoms with Crippen LogP contribution in [0.3, 0.4) is 0 Å². The number of anilines is 1. The zero-order valence-electron chi connectivity index (χ0n) is 17.5. The third kappa shape index (κ3) is 4.79. The second-order valence-corrected chi connectivity index (χ2v) is 8.61. The summed E-state index contributed by atoms with van der Waals surface area (Å²) in [6.45, 7) is 11.3. The maximum Gasteiger partial charge on any atom is 0.226 e. The smallest absolute Gasteiger partial charge is 0.226 e. The number of rotatable bonds is 6.